The van der Waals surface area contributed by atoms with Crippen molar-refractivity contribution in [2.24, 2.45) is 0 Å². The highest BCUT2D eigenvalue weighted by molar-refractivity contribution is 7.16. The standard InChI is InChI=1S/C9H7N3S/c1-6-8(5-11-12-6)9-3-2-7(4-10)13-9/h2-3,5H,1H3,(H,11,12). The maximum absolute atomic E-state index is 8.65. The molecular weight excluding hydrogens is 182 g/mol. The van der Waals surface area contributed by atoms with Gasteiger partial charge in [0.2, 0.25) is 0 Å². The van der Waals surface area contributed by atoms with Crippen LogP contribution in [-0.4, -0.2) is 10.2 Å². The quantitative estimate of drug-likeness (QED) is 0.748. The molecule has 2 rings (SSSR count). The van der Waals surface area contributed by atoms with Gasteiger partial charge >= 0.3 is 0 Å². The third-order valence-electron chi connectivity index (χ3n) is 1.81. The molecule has 0 aliphatic carbocycles. The molecule has 0 atom stereocenters. The van der Waals surface area contributed by atoms with Crippen molar-refractivity contribution in [2.75, 3.05) is 0 Å². The lowest BCUT2D eigenvalue weighted by molar-refractivity contribution is 1.05. The number of aromatic nitrogens is 2. The van der Waals surface area contributed by atoms with Crippen molar-refractivity contribution in [3.63, 3.8) is 0 Å². The Hall–Kier alpha value is -1.60. The molecule has 2 aromatic rings. The largest absolute Gasteiger partial charge is 0.282 e. The van der Waals surface area contributed by atoms with E-state index in [1.54, 1.807) is 6.20 Å². The summed E-state index contributed by atoms with van der Waals surface area (Å²) in [6.07, 6.45) is 1.78. The lowest BCUT2D eigenvalue weighted by Gasteiger charge is -1.90. The maximum Gasteiger partial charge on any atom is 0.110 e. The average molecular weight is 189 g/mol. The van der Waals surface area contributed by atoms with Crippen molar-refractivity contribution in [1.29, 1.82) is 5.26 Å². The van der Waals surface area contributed by atoms with Crippen LogP contribution in [0.2, 0.25) is 0 Å². The highest BCUT2D eigenvalue weighted by atomic mass is 32.1. The smallest absolute Gasteiger partial charge is 0.110 e. The van der Waals surface area contributed by atoms with E-state index in [4.69, 9.17) is 5.26 Å². The molecule has 0 fully saturated rings. The molecule has 3 nitrogen and oxygen atoms in total. The second-order valence-corrected chi connectivity index (χ2v) is 3.77. The molecule has 0 aliphatic heterocycles. The van der Waals surface area contributed by atoms with Crippen LogP contribution in [0.25, 0.3) is 10.4 Å². The first kappa shape index (κ1) is 8.02. The fourth-order valence-corrected chi connectivity index (χ4v) is 2.01. The molecule has 0 amide bonds. The van der Waals surface area contributed by atoms with Crippen LogP contribution in [0.5, 0.6) is 0 Å². The molecule has 2 aromatic heterocycles. The molecular formula is C9H7N3S. The average Bonchev–Trinajstić information content (AvgIpc) is 2.71. The summed E-state index contributed by atoms with van der Waals surface area (Å²) in [5.74, 6) is 0. The van der Waals surface area contributed by atoms with Gasteiger partial charge in [0, 0.05) is 16.1 Å². The van der Waals surface area contributed by atoms with Crippen molar-refractivity contribution in [1.82, 2.24) is 10.2 Å². The number of nitriles is 1. The van der Waals surface area contributed by atoms with Gasteiger partial charge in [0.25, 0.3) is 0 Å². The summed E-state index contributed by atoms with van der Waals surface area (Å²) in [7, 11) is 0. The molecule has 64 valence electrons. The van der Waals surface area contributed by atoms with Gasteiger partial charge in [-0.25, -0.2) is 0 Å². The van der Waals surface area contributed by atoms with Crippen LogP contribution < -0.4 is 0 Å². The van der Waals surface area contributed by atoms with Gasteiger partial charge in [0.15, 0.2) is 0 Å². The van der Waals surface area contributed by atoms with Crippen molar-refractivity contribution in [3.05, 3.63) is 28.9 Å². The van der Waals surface area contributed by atoms with Gasteiger partial charge in [0.1, 0.15) is 10.9 Å². The maximum atomic E-state index is 8.65. The van der Waals surface area contributed by atoms with Crippen LogP contribution in [0.4, 0.5) is 0 Å². The molecule has 1 N–H and O–H groups in total. The van der Waals surface area contributed by atoms with E-state index in [0.717, 1.165) is 21.0 Å². The number of hydrogen-bond acceptors (Lipinski definition) is 3. The molecule has 4 heteroatoms. The first-order valence-electron chi connectivity index (χ1n) is 3.81. The predicted octanol–water partition coefficient (Wildman–Crippen LogP) is 2.32. The Morgan fingerprint density at radius 3 is 2.92 bits per heavy atom. The van der Waals surface area contributed by atoms with E-state index in [9.17, 15) is 0 Å². The van der Waals surface area contributed by atoms with E-state index in [0.29, 0.717) is 0 Å². The number of nitrogens with one attached hydrogen (secondary N) is 1. The summed E-state index contributed by atoms with van der Waals surface area (Å²) in [5, 5.41) is 15.5. The fourth-order valence-electron chi connectivity index (χ4n) is 1.14. The molecule has 0 spiro atoms. The highest BCUT2D eigenvalue weighted by Gasteiger charge is 2.06. The van der Waals surface area contributed by atoms with Gasteiger partial charge in [0.05, 0.1) is 6.20 Å². The van der Waals surface area contributed by atoms with Crippen molar-refractivity contribution in [3.8, 4) is 16.5 Å². The molecule has 13 heavy (non-hydrogen) atoms. The number of nitrogens with zero attached hydrogens (tertiary/aromatic N) is 2. The Morgan fingerprint density at radius 1 is 1.54 bits per heavy atom. The summed E-state index contributed by atoms with van der Waals surface area (Å²) >= 11 is 1.48. The van der Waals surface area contributed by atoms with Crippen LogP contribution in [-0.2, 0) is 0 Å². The molecule has 0 aromatic carbocycles. The van der Waals surface area contributed by atoms with Gasteiger partial charge in [-0.1, -0.05) is 0 Å². The zero-order chi connectivity index (χ0) is 9.26. The van der Waals surface area contributed by atoms with Crippen molar-refractivity contribution < 1.29 is 0 Å². The summed E-state index contributed by atoms with van der Waals surface area (Å²) in [6.45, 7) is 1.97. The van der Waals surface area contributed by atoms with Gasteiger partial charge in [-0.05, 0) is 19.1 Å². The Kier molecular flexibility index (Phi) is 1.87. The van der Waals surface area contributed by atoms with Crippen molar-refractivity contribution >= 4 is 11.3 Å². The first-order valence-corrected chi connectivity index (χ1v) is 4.63. The lowest BCUT2D eigenvalue weighted by atomic mass is 10.2. The Balaban J connectivity index is 2.48. The summed E-state index contributed by atoms with van der Waals surface area (Å²) in [4.78, 5) is 1.82. The zero-order valence-electron chi connectivity index (χ0n) is 7.03. The zero-order valence-corrected chi connectivity index (χ0v) is 7.85. The minimum atomic E-state index is 0.732. The fraction of sp³-hybridized carbons (Fsp3) is 0.111. The molecule has 0 unspecified atom stereocenters. The van der Waals surface area contributed by atoms with E-state index in [2.05, 4.69) is 16.3 Å². The number of H-pyrrole nitrogens is 1. The Morgan fingerprint density at radius 2 is 2.38 bits per heavy atom. The highest BCUT2D eigenvalue weighted by Crippen LogP contribution is 2.28. The summed E-state index contributed by atoms with van der Waals surface area (Å²) in [6, 6.07) is 5.89. The van der Waals surface area contributed by atoms with Crippen LogP contribution in [0.15, 0.2) is 18.3 Å². The van der Waals surface area contributed by atoms with Crippen LogP contribution in [0, 0.1) is 18.3 Å². The van der Waals surface area contributed by atoms with E-state index in [-0.39, 0.29) is 0 Å². The van der Waals surface area contributed by atoms with E-state index >= 15 is 0 Å². The number of aromatic amines is 1. The topological polar surface area (TPSA) is 52.5 Å². The first-order chi connectivity index (χ1) is 6.31. The SMILES string of the molecule is Cc1[nH]ncc1-c1ccc(C#N)s1. The monoisotopic (exact) mass is 189 g/mol. The van der Waals surface area contributed by atoms with Crippen LogP contribution >= 0.6 is 11.3 Å². The predicted molar refractivity (Wildman–Crippen MR) is 51.4 cm³/mol. The Labute approximate surface area is 79.6 Å². The van der Waals surface area contributed by atoms with Crippen LogP contribution in [0.1, 0.15) is 10.6 Å². The van der Waals surface area contributed by atoms with Crippen molar-refractivity contribution in [2.45, 2.75) is 6.92 Å². The van der Waals surface area contributed by atoms with Gasteiger partial charge < -0.3 is 0 Å². The normalized spacial score (nSPS) is 9.85. The number of hydrogen-bond donors (Lipinski definition) is 1. The van der Waals surface area contributed by atoms with Gasteiger partial charge in [-0.2, -0.15) is 10.4 Å². The van der Waals surface area contributed by atoms with Gasteiger partial charge in [-0.3, -0.25) is 5.10 Å². The number of rotatable bonds is 1. The molecule has 2 heterocycles. The molecule has 0 aliphatic rings. The second-order valence-electron chi connectivity index (χ2n) is 2.68. The molecule has 0 bridgehead atoms. The minimum absolute atomic E-state index is 0.732. The minimum Gasteiger partial charge on any atom is -0.282 e. The molecule has 0 radical (unpaired) electrons. The summed E-state index contributed by atoms with van der Waals surface area (Å²) < 4.78 is 0. The Bertz CT molecular complexity index is 461. The number of aryl methyl sites for hydroxylation is 1. The molecule has 0 saturated heterocycles. The van der Waals surface area contributed by atoms with Crippen LogP contribution in [0.3, 0.4) is 0 Å². The van der Waals surface area contributed by atoms with E-state index < -0.39 is 0 Å². The van der Waals surface area contributed by atoms with Gasteiger partial charge in [-0.15, -0.1) is 11.3 Å². The molecule has 0 saturated carbocycles. The van der Waals surface area contributed by atoms with E-state index in [1.807, 2.05) is 19.1 Å². The summed E-state index contributed by atoms with van der Waals surface area (Å²) in [5.41, 5.74) is 2.11. The third kappa shape index (κ3) is 1.34. The lowest BCUT2D eigenvalue weighted by Crippen LogP contribution is -1.72. The number of thiophene rings is 1. The van der Waals surface area contributed by atoms with E-state index in [1.165, 1.54) is 11.3 Å². The second kappa shape index (κ2) is 3.04. The third-order valence-corrected chi connectivity index (χ3v) is 2.83.